The Morgan fingerprint density at radius 1 is 1.15 bits per heavy atom. The van der Waals surface area contributed by atoms with E-state index in [9.17, 15) is 0 Å². The standard InChI is InChI=1S/C15H23NO4/c1-16-15(10-5-6-20-9-10)14-12(18-3)7-11(17-2)8-13(14)19-4/h7-8,10,15-16H,5-6,9H2,1-4H3. The second-order valence-electron chi connectivity index (χ2n) is 4.84. The van der Waals surface area contributed by atoms with E-state index in [-0.39, 0.29) is 6.04 Å². The van der Waals surface area contributed by atoms with Crippen LogP contribution in [0, 0.1) is 5.92 Å². The lowest BCUT2D eigenvalue weighted by molar-refractivity contribution is 0.177. The number of nitrogens with one attached hydrogen (secondary N) is 1. The SMILES string of the molecule is CNC(c1c(OC)cc(OC)cc1OC)C1CCOC1. The maximum atomic E-state index is 5.53. The van der Waals surface area contributed by atoms with Crippen molar-refractivity contribution in [3.8, 4) is 17.2 Å². The summed E-state index contributed by atoms with van der Waals surface area (Å²) >= 11 is 0. The van der Waals surface area contributed by atoms with E-state index in [1.165, 1.54) is 0 Å². The van der Waals surface area contributed by atoms with E-state index in [2.05, 4.69) is 5.32 Å². The van der Waals surface area contributed by atoms with Crippen molar-refractivity contribution in [3.63, 3.8) is 0 Å². The molecule has 0 spiro atoms. The number of benzene rings is 1. The lowest BCUT2D eigenvalue weighted by atomic mass is 9.91. The van der Waals surface area contributed by atoms with Crippen molar-refractivity contribution >= 4 is 0 Å². The van der Waals surface area contributed by atoms with Gasteiger partial charge in [-0.25, -0.2) is 0 Å². The lowest BCUT2D eigenvalue weighted by Gasteiger charge is -2.26. The second-order valence-corrected chi connectivity index (χ2v) is 4.84. The second kappa shape index (κ2) is 6.81. The van der Waals surface area contributed by atoms with Crippen LogP contribution in [0.25, 0.3) is 0 Å². The summed E-state index contributed by atoms with van der Waals surface area (Å²) in [5.74, 6) is 2.68. The van der Waals surface area contributed by atoms with Crippen molar-refractivity contribution in [3.05, 3.63) is 17.7 Å². The Bertz CT molecular complexity index is 418. The van der Waals surface area contributed by atoms with Crippen LogP contribution in [0.1, 0.15) is 18.0 Å². The molecule has 0 saturated carbocycles. The first kappa shape index (κ1) is 14.9. The lowest BCUT2D eigenvalue weighted by Crippen LogP contribution is -2.26. The minimum atomic E-state index is 0.133. The van der Waals surface area contributed by atoms with Gasteiger partial charge in [-0.2, -0.15) is 0 Å². The summed E-state index contributed by atoms with van der Waals surface area (Å²) in [6, 6.07) is 3.91. The predicted molar refractivity (Wildman–Crippen MR) is 76.8 cm³/mol. The van der Waals surface area contributed by atoms with Crippen LogP contribution in [0.5, 0.6) is 17.2 Å². The molecule has 1 aromatic carbocycles. The van der Waals surface area contributed by atoms with Crippen LogP contribution in [0.2, 0.25) is 0 Å². The molecule has 1 fully saturated rings. The Morgan fingerprint density at radius 2 is 1.80 bits per heavy atom. The Balaban J connectivity index is 2.45. The fourth-order valence-electron chi connectivity index (χ4n) is 2.77. The molecule has 0 radical (unpaired) electrons. The number of hydrogen-bond donors (Lipinski definition) is 1. The van der Waals surface area contributed by atoms with Crippen molar-refractivity contribution in [1.82, 2.24) is 5.32 Å². The molecule has 0 amide bonds. The number of ether oxygens (including phenoxy) is 4. The van der Waals surface area contributed by atoms with Gasteiger partial charge in [0, 0.05) is 30.7 Å². The first-order valence-electron chi connectivity index (χ1n) is 6.80. The quantitative estimate of drug-likeness (QED) is 0.864. The molecule has 20 heavy (non-hydrogen) atoms. The number of rotatable bonds is 6. The van der Waals surface area contributed by atoms with Gasteiger partial charge in [0.25, 0.3) is 0 Å². The van der Waals surface area contributed by atoms with E-state index in [0.29, 0.717) is 5.92 Å². The third-order valence-electron chi connectivity index (χ3n) is 3.81. The molecular weight excluding hydrogens is 258 g/mol. The average molecular weight is 281 g/mol. The molecule has 1 aromatic rings. The molecular formula is C15H23NO4. The molecule has 2 unspecified atom stereocenters. The summed E-state index contributed by atoms with van der Waals surface area (Å²) in [5, 5.41) is 3.37. The molecule has 2 rings (SSSR count). The highest BCUT2D eigenvalue weighted by Gasteiger charge is 2.31. The topological polar surface area (TPSA) is 49.0 Å². The van der Waals surface area contributed by atoms with Gasteiger partial charge < -0.3 is 24.3 Å². The summed E-state index contributed by atoms with van der Waals surface area (Å²) in [7, 11) is 6.91. The Labute approximate surface area is 120 Å². The Morgan fingerprint density at radius 3 is 2.20 bits per heavy atom. The van der Waals surface area contributed by atoms with Crippen LogP contribution in [0.3, 0.4) is 0 Å². The third-order valence-corrected chi connectivity index (χ3v) is 3.81. The van der Waals surface area contributed by atoms with Gasteiger partial charge in [-0.05, 0) is 13.5 Å². The van der Waals surface area contributed by atoms with Gasteiger partial charge >= 0.3 is 0 Å². The molecule has 5 heteroatoms. The van der Waals surface area contributed by atoms with Crippen LogP contribution >= 0.6 is 0 Å². The van der Waals surface area contributed by atoms with Crippen molar-refractivity contribution in [1.29, 1.82) is 0 Å². The molecule has 0 bridgehead atoms. The van der Waals surface area contributed by atoms with Crippen LogP contribution in [-0.4, -0.2) is 41.6 Å². The molecule has 1 aliphatic rings. The van der Waals surface area contributed by atoms with Gasteiger partial charge in [0.2, 0.25) is 0 Å². The van der Waals surface area contributed by atoms with Gasteiger partial charge in [-0.3, -0.25) is 0 Å². The highest BCUT2D eigenvalue weighted by molar-refractivity contribution is 5.52. The molecule has 5 nitrogen and oxygen atoms in total. The molecule has 1 aliphatic heterocycles. The molecule has 1 saturated heterocycles. The van der Waals surface area contributed by atoms with Gasteiger partial charge in [0.15, 0.2) is 0 Å². The van der Waals surface area contributed by atoms with E-state index in [4.69, 9.17) is 18.9 Å². The minimum absolute atomic E-state index is 0.133. The third kappa shape index (κ3) is 2.83. The monoisotopic (exact) mass is 281 g/mol. The van der Waals surface area contributed by atoms with E-state index < -0.39 is 0 Å². The van der Waals surface area contributed by atoms with E-state index in [1.807, 2.05) is 19.2 Å². The van der Waals surface area contributed by atoms with Crippen LogP contribution in [0.15, 0.2) is 12.1 Å². The van der Waals surface area contributed by atoms with E-state index in [1.54, 1.807) is 21.3 Å². The van der Waals surface area contributed by atoms with Crippen molar-refractivity contribution in [2.45, 2.75) is 12.5 Å². The highest BCUT2D eigenvalue weighted by atomic mass is 16.5. The molecule has 0 aliphatic carbocycles. The molecule has 2 atom stereocenters. The smallest absolute Gasteiger partial charge is 0.131 e. The van der Waals surface area contributed by atoms with E-state index >= 15 is 0 Å². The van der Waals surface area contributed by atoms with Gasteiger partial charge in [-0.1, -0.05) is 0 Å². The summed E-state index contributed by atoms with van der Waals surface area (Å²) in [6.45, 7) is 1.56. The first-order chi connectivity index (χ1) is 9.74. The minimum Gasteiger partial charge on any atom is -0.496 e. The summed E-state index contributed by atoms with van der Waals surface area (Å²) in [6.07, 6.45) is 1.03. The average Bonchev–Trinajstić information content (AvgIpc) is 3.01. The van der Waals surface area contributed by atoms with Gasteiger partial charge in [-0.15, -0.1) is 0 Å². The normalized spacial score (nSPS) is 19.7. The maximum absolute atomic E-state index is 5.53. The zero-order valence-electron chi connectivity index (χ0n) is 12.6. The Hall–Kier alpha value is -1.46. The van der Waals surface area contributed by atoms with Crippen LogP contribution < -0.4 is 19.5 Å². The molecule has 1 heterocycles. The van der Waals surface area contributed by atoms with E-state index in [0.717, 1.165) is 42.4 Å². The summed E-state index contributed by atoms with van der Waals surface area (Å²) in [4.78, 5) is 0. The number of hydrogen-bond acceptors (Lipinski definition) is 5. The Kier molecular flexibility index (Phi) is 5.09. The van der Waals surface area contributed by atoms with Crippen molar-refractivity contribution < 1.29 is 18.9 Å². The molecule has 0 aromatic heterocycles. The van der Waals surface area contributed by atoms with Gasteiger partial charge in [0.1, 0.15) is 17.2 Å². The summed E-state index contributed by atoms with van der Waals surface area (Å²) in [5.41, 5.74) is 1.02. The first-order valence-corrected chi connectivity index (χ1v) is 6.80. The molecule has 112 valence electrons. The van der Waals surface area contributed by atoms with Crippen molar-refractivity contribution in [2.24, 2.45) is 5.92 Å². The summed E-state index contributed by atoms with van der Waals surface area (Å²) < 4.78 is 21.9. The van der Waals surface area contributed by atoms with Crippen LogP contribution in [0.4, 0.5) is 0 Å². The van der Waals surface area contributed by atoms with Crippen molar-refractivity contribution in [2.75, 3.05) is 41.6 Å². The zero-order valence-corrected chi connectivity index (χ0v) is 12.6. The zero-order chi connectivity index (χ0) is 14.5. The van der Waals surface area contributed by atoms with Gasteiger partial charge in [0.05, 0.1) is 33.5 Å². The fraction of sp³-hybridized carbons (Fsp3) is 0.600. The maximum Gasteiger partial charge on any atom is 0.131 e. The molecule has 1 N–H and O–H groups in total. The highest BCUT2D eigenvalue weighted by Crippen LogP contribution is 2.42. The largest absolute Gasteiger partial charge is 0.496 e. The van der Waals surface area contributed by atoms with Crippen LogP contribution in [-0.2, 0) is 4.74 Å². The predicted octanol–water partition coefficient (Wildman–Crippen LogP) is 2.01. The fourth-order valence-corrected chi connectivity index (χ4v) is 2.77. The number of methoxy groups -OCH3 is 3.